The van der Waals surface area contributed by atoms with E-state index >= 15 is 0 Å². The number of pyridine rings is 1. The second-order valence-corrected chi connectivity index (χ2v) is 5.55. The summed E-state index contributed by atoms with van der Waals surface area (Å²) in [7, 11) is 1.96. The maximum atomic E-state index is 6.18. The monoisotopic (exact) mass is 304 g/mol. The predicted molar refractivity (Wildman–Crippen MR) is 78.9 cm³/mol. The number of nitrogen functional groups attached to an aromatic ring is 1. The first kappa shape index (κ1) is 14.7. The topological polar surface area (TPSA) is 63.4 Å². The Morgan fingerprint density at radius 2 is 2.32 bits per heavy atom. The van der Waals surface area contributed by atoms with Crippen molar-refractivity contribution in [2.75, 3.05) is 37.1 Å². The van der Waals surface area contributed by atoms with E-state index < -0.39 is 0 Å². The zero-order valence-corrected chi connectivity index (χ0v) is 12.3. The molecule has 7 heteroatoms. The predicted octanol–water partition coefficient (Wildman–Crippen LogP) is 2.54. The van der Waals surface area contributed by atoms with Crippen LogP contribution in [-0.2, 0) is 4.74 Å². The highest BCUT2D eigenvalue weighted by molar-refractivity contribution is 6.37. The van der Waals surface area contributed by atoms with Crippen LogP contribution in [-0.4, -0.2) is 31.8 Å². The van der Waals surface area contributed by atoms with Crippen molar-refractivity contribution in [1.82, 2.24) is 4.98 Å². The first-order chi connectivity index (χ1) is 9.11. The van der Waals surface area contributed by atoms with E-state index in [-0.39, 0.29) is 0 Å². The molecule has 2 rings (SSSR count). The first-order valence-electron chi connectivity index (χ1n) is 6.23. The summed E-state index contributed by atoms with van der Waals surface area (Å²) in [5, 5.41) is 0.925. The average molecular weight is 305 g/mol. The Kier molecular flexibility index (Phi) is 5.10. The molecule has 1 aromatic rings. The van der Waals surface area contributed by atoms with Gasteiger partial charge in [0, 0.05) is 20.2 Å². The van der Waals surface area contributed by atoms with Gasteiger partial charge in [-0.2, -0.15) is 0 Å². The van der Waals surface area contributed by atoms with Crippen LogP contribution in [0.5, 0.6) is 0 Å². The van der Waals surface area contributed by atoms with Crippen LogP contribution in [0.2, 0.25) is 10.0 Å². The summed E-state index contributed by atoms with van der Waals surface area (Å²) in [5.41, 5.74) is 2.47. The number of hydrogen-bond donors (Lipinski definition) is 2. The molecule has 1 saturated heterocycles. The minimum atomic E-state index is 0.408. The lowest BCUT2D eigenvalue weighted by molar-refractivity contribution is 0.0576. The second-order valence-electron chi connectivity index (χ2n) is 4.73. The van der Waals surface area contributed by atoms with E-state index in [2.05, 4.69) is 10.4 Å². The number of rotatable bonds is 4. The molecule has 1 unspecified atom stereocenters. The SMILES string of the molecule is CN(CC1CCCOC1)c1nc(NN)c(Cl)cc1Cl. The van der Waals surface area contributed by atoms with Crippen LogP contribution in [0.15, 0.2) is 6.07 Å². The maximum Gasteiger partial charge on any atom is 0.161 e. The Morgan fingerprint density at radius 3 is 2.95 bits per heavy atom. The van der Waals surface area contributed by atoms with E-state index in [1.807, 2.05) is 11.9 Å². The van der Waals surface area contributed by atoms with Crippen molar-refractivity contribution in [2.45, 2.75) is 12.8 Å². The molecule has 106 valence electrons. The van der Waals surface area contributed by atoms with E-state index in [1.54, 1.807) is 6.07 Å². The van der Waals surface area contributed by atoms with Crippen LogP contribution >= 0.6 is 23.2 Å². The van der Waals surface area contributed by atoms with E-state index in [9.17, 15) is 0 Å². The summed E-state index contributed by atoms with van der Waals surface area (Å²) in [6.45, 7) is 2.50. The Bertz CT molecular complexity index is 438. The van der Waals surface area contributed by atoms with Crippen LogP contribution in [0.25, 0.3) is 0 Å². The summed E-state index contributed by atoms with van der Waals surface area (Å²) in [4.78, 5) is 6.35. The molecule has 0 saturated carbocycles. The first-order valence-corrected chi connectivity index (χ1v) is 6.99. The minimum Gasteiger partial charge on any atom is -0.381 e. The fourth-order valence-electron chi connectivity index (χ4n) is 2.25. The van der Waals surface area contributed by atoms with E-state index in [0.717, 1.165) is 32.6 Å². The van der Waals surface area contributed by atoms with Crippen molar-refractivity contribution < 1.29 is 4.74 Å². The minimum absolute atomic E-state index is 0.408. The normalized spacial score (nSPS) is 19.3. The highest BCUT2D eigenvalue weighted by Gasteiger charge is 2.19. The van der Waals surface area contributed by atoms with Gasteiger partial charge in [-0.15, -0.1) is 0 Å². The summed E-state index contributed by atoms with van der Waals surface area (Å²) in [6, 6.07) is 1.65. The fraction of sp³-hybridized carbons (Fsp3) is 0.583. The number of nitrogens with one attached hydrogen (secondary N) is 1. The molecule has 5 nitrogen and oxygen atoms in total. The van der Waals surface area contributed by atoms with Crippen molar-refractivity contribution in [3.63, 3.8) is 0 Å². The summed E-state index contributed by atoms with van der Waals surface area (Å²) in [6.07, 6.45) is 2.27. The molecule has 1 atom stereocenters. The van der Waals surface area contributed by atoms with Crippen LogP contribution in [0.1, 0.15) is 12.8 Å². The van der Waals surface area contributed by atoms with Gasteiger partial charge in [0.1, 0.15) is 5.82 Å². The van der Waals surface area contributed by atoms with Crippen molar-refractivity contribution in [3.8, 4) is 0 Å². The highest BCUT2D eigenvalue weighted by Crippen LogP contribution is 2.31. The Balaban J connectivity index is 2.11. The standard InChI is InChI=1S/C12H18Cl2N4O/c1-18(6-8-3-2-4-19-7-8)12-10(14)5-9(13)11(16-12)17-15/h5,8H,2-4,6-7,15H2,1H3,(H,16,17). The highest BCUT2D eigenvalue weighted by atomic mass is 35.5. The van der Waals surface area contributed by atoms with Gasteiger partial charge in [-0.05, 0) is 24.8 Å². The molecule has 0 spiro atoms. The van der Waals surface area contributed by atoms with Gasteiger partial charge in [-0.1, -0.05) is 23.2 Å². The Hall–Kier alpha value is -0.750. The molecule has 1 aliphatic heterocycles. The molecular weight excluding hydrogens is 287 g/mol. The van der Waals surface area contributed by atoms with Crippen molar-refractivity contribution >= 4 is 34.8 Å². The lowest BCUT2D eigenvalue weighted by Gasteiger charge is -2.28. The molecular formula is C12H18Cl2N4O. The summed E-state index contributed by atoms with van der Waals surface area (Å²) >= 11 is 12.2. The molecule has 1 aliphatic rings. The quantitative estimate of drug-likeness (QED) is 0.661. The Labute approximate surface area is 123 Å². The van der Waals surface area contributed by atoms with Gasteiger partial charge < -0.3 is 15.1 Å². The molecule has 0 aliphatic carbocycles. The molecule has 3 N–H and O–H groups in total. The molecule has 19 heavy (non-hydrogen) atoms. The van der Waals surface area contributed by atoms with E-state index in [1.165, 1.54) is 0 Å². The smallest absolute Gasteiger partial charge is 0.161 e. The third-order valence-corrected chi connectivity index (χ3v) is 3.76. The van der Waals surface area contributed by atoms with Crippen molar-refractivity contribution in [3.05, 3.63) is 16.1 Å². The number of nitrogens with two attached hydrogens (primary N) is 1. The molecule has 0 aromatic carbocycles. The van der Waals surface area contributed by atoms with Crippen LogP contribution < -0.4 is 16.2 Å². The lowest BCUT2D eigenvalue weighted by atomic mass is 10.0. The maximum absolute atomic E-state index is 6.18. The second kappa shape index (κ2) is 6.61. The lowest BCUT2D eigenvalue weighted by Crippen LogP contribution is -2.31. The van der Waals surface area contributed by atoms with Gasteiger partial charge in [0.15, 0.2) is 5.82 Å². The summed E-state index contributed by atoms with van der Waals surface area (Å²) < 4.78 is 5.48. The number of ether oxygens (including phenoxy) is 1. The van der Waals surface area contributed by atoms with Gasteiger partial charge in [0.2, 0.25) is 0 Å². The van der Waals surface area contributed by atoms with Crippen molar-refractivity contribution in [1.29, 1.82) is 0 Å². The number of halogens is 2. The fourth-order valence-corrected chi connectivity index (χ4v) is 2.81. The zero-order valence-electron chi connectivity index (χ0n) is 10.8. The van der Waals surface area contributed by atoms with Gasteiger partial charge in [0.25, 0.3) is 0 Å². The molecule has 0 radical (unpaired) electrons. The Morgan fingerprint density at radius 1 is 1.53 bits per heavy atom. The van der Waals surface area contributed by atoms with Gasteiger partial charge in [-0.3, -0.25) is 0 Å². The van der Waals surface area contributed by atoms with Crippen LogP contribution in [0.3, 0.4) is 0 Å². The zero-order chi connectivity index (χ0) is 13.8. The number of aromatic nitrogens is 1. The van der Waals surface area contributed by atoms with E-state index in [4.69, 9.17) is 33.8 Å². The van der Waals surface area contributed by atoms with Gasteiger partial charge in [-0.25, -0.2) is 10.8 Å². The third-order valence-electron chi connectivity index (χ3n) is 3.20. The van der Waals surface area contributed by atoms with Gasteiger partial charge in [0.05, 0.1) is 16.7 Å². The largest absolute Gasteiger partial charge is 0.381 e. The van der Waals surface area contributed by atoms with Gasteiger partial charge >= 0.3 is 0 Å². The average Bonchev–Trinajstić information content (AvgIpc) is 2.40. The molecule has 0 bridgehead atoms. The number of hydrazine groups is 1. The molecule has 0 amide bonds. The number of hydrogen-bond acceptors (Lipinski definition) is 5. The van der Waals surface area contributed by atoms with Crippen molar-refractivity contribution in [2.24, 2.45) is 11.8 Å². The van der Waals surface area contributed by atoms with Crippen LogP contribution in [0.4, 0.5) is 11.6 Å². The third kappa shape index (κ3) is 3.63. The summed E-state index contributed by atoms with van der Waals surface area (Å²) in [5.74, 6) is 6.97. The molecule has 2 heterocycles. The molecule has 1 aromatic heterocycles. The number of anilines is 2. The number of nitrogens with zero attached hydrogens (tertiary/aromatic N) is 2. The van der Waals surface area contributed by atoms with Crippen LogP contribution in [0, 0.1) is 5.92 Å². The molecule has 1 fully saturated rings. The van der Waals surface area contributed by atoms with E-state index in [0.29, 0.717) is 27.6 Å².